The quantitative estimate of drug-likeness (QED) is 0.557. The van der Waals surface area contributed by atoms with Crippen molar-refractivity contribution in [1.82, 2.24) is 14.9 Å². The number of ketones is 1. The van der Waals surface area contributed by atoms with Crippen LogP contribution >= 0.6 is 0 Å². The number of anilines is 1. The van der Waals surface area contributed by atoms with Gasteiger partial charge in [-0.15, -0.1) is 0 Å². The molecule has 1 fully saturated rings. The van der Waals surface area contributed by atoms with Gasteiger partial charge in [-0.3, -0.25) is 9.59 Å². The number of fused-ring (bicyclic) bond motifs is 3. The van der Waals surface area contributed by atoms with E-state index in [1.54, 1.807) is 25.1 Å². The molecule has 1 N–H and O–H groups in total. The molecule has 2 aliphatic heterocycles. The summed E-state index contributed by atoms with van der Waals surface area (Å²) in [5.74, 6) is 2.00. The number of carbonyl (C=O) groups is 3. The molecule has 2 aromatic heterocycles. The molecule has 0 aromatic carbocycles. The van der Waals surface area contributed by atoms with E-state index in [9.17, 15) is 14.4 Å². The first kappa shape index (κ1) is 29.8. The molecule has 0 spiro atoms. The van der Waals surface area contributed by atoms with Crippen LogP contribution in [-0.2, 0) is 21.3 Å². The first-order valence-corrected chi connectivity index (χ1v) is 12.6. The summed E-state index contributed by atoms with van der Waals surface area (Å²) in [6, 6.07) is 5.59. The van der Waals surface area contributed by atoms with Gasteiger partial charge in [0.05, 0.1) is 0 Å². The van der Waals surface area contributed by atoms with Crippen LogP contribution in [-0.4, -0.2) is 66.9 Å². The van der Waals surface area contributed by atoms with Crippen molar-refractivity contribution in [3.63, 3.8) is 0 Å². The summed E-state index contributed by atoms with van der Waals surface area (Å²) in [4.78, 5) is 38.8. The molecule has 204 valence electrons. The Bertz CT molecular complexity index is 1070. The minimum Gasteiger partial charge on any atom is -0.487 e. The second-order valence-corrected chi connectivity index (χ2v) is 9.30. The number of carbonyl (C=O) groups excluding carboxylic acids is 3. The van der Waals surface area contributed by atoms with Crippen molar-refractivity contribution in [3.05, 3.63) is 41.3 Å². The Balaban J connectivity index is 0.000000200. The highest BCUT2D eigenvalue weighted by atomic mass is 16.6. The number of amides is 2. The van der Waals surface area contributed by atoms with E-state index in [4.69, 9.17) is 14.2 Å². The molecular formula is C27H40N4O6. The van der Waals surface area contributed by atoms with E-state index in [0.29, 0.717) is 43.0 Å². The Kier molecular flexibility index (Phi) is 11.6. The van der Waals surface area contributed by atoms with Gasteiger partial charge in [0.25, 0.3) is 5.91 Å². The van der Waals surface area contributed by atoms with Gasteiger partial charge >= 0.3 is 6.09 Å². The molecule has 10 nitrogen and oxygen atoms in total. The maximum Gasteiger partial charge on any atom is 0.416 e. The molecule has 2 aliphatic rings. The third kappa shape index (κ3) is 8.59. The number of nitrogens with one attached hydrogen (secondary N) is 1. The fourth-order valence-corrected chi connectivity index (χ4v) is 3.52. The Labute approximate surface area is 219 Å². The molecule has 0 radical (unpaired) electrons. The largest absolute Gasteiger partial charge is 0.487 e. The van der Waals surface area contributed by atoms with E-state index in [2.05, 4.69) is 24.1 Å². The van der Waals surface area contributed by atoms with Crippen LogP contribution in [0.15, 0.2) is 24.4 Å². The summed E-state index contributed by atoms with van der Waals surface area (Å²) in [5, 5.41) is 2.58. The number of aromatic nitrogens is 2. The molecule has 0 aliphatic carbocycles. The number of nitrogens with zero attached hydrogens (tertiary/aromatic N) is 3. The normalized spacial score (nSPS) is 16.0. The van der Waals surface area contributed by atoms with E-state index in [-0.39, 0.29) is 30.4 Å². The van der Waals surface area contributed by atoms with Gasteiger partial charge in [0.15, 0.2) is 17.4 Å². The predicted octanol–water partition coefficient (Wildman–Crippen LogP) is 3.83. The van der Waals surface area contributed by atoms with E-state index in [1.807, 2.05) is 43.7 Å². The lowest BCUT2D eigenvalue weighted by atomic mass is 10.1. The maximum atomic E-state index is 11.5. The molecule has 1 saturated heterocycles. The zero-order valence-electron chi connectivity index (χ0n) is 23.0. The van der Waals surface area contributed by atoms with Crippen molar-refractivity contribution in [2.45, 2.75) is 53.5 Å². The average Bonchev–Trinajstić information content (AvgIpc) is 3.43. The first-order valence-electron chi connectivity index (χ1n) is 12.6. The van der Waals surface area contributed by atoms with Gasteiger partial charge in [-0.25, -0.2) is 14.7 Å². The van der Waals surface area contributed by atoms with E-state index in [1.165, 1.54) is 6.42 Å². The number of hydrogen-bond donors (Lipinski definition) is 1. The summed E-state index contributed by atoms with van der Waals surface area (Å²) < 4.78 is 17.5. The molecule has 0 saturated carbocycles. The van der Waals surface area contributed by atoms with Gasteiger partial charge in [0, 0.05) is 32.6 Å². The number of hydrogen-bond acceptors (Lipinski definition) is 7. The van der Waals surface area contributed by atoms with Gasteiger partial charge in [0.1, 0.15) is 31.6 Å². The summed E-state index contributed by atoms with van der Waals surface area (Å²) in [6.45, 7) is 11.6. The second-order valence-electron chi connectivity index (χ2n) is 9.30. The topological polar surface area (TPSA) is 112 Å². The third-order valence-electron chi connectivity index (χ3n) is 6.18. The van der Waals surface area contributed by atoms with Crippen LogP contribution in [0.2, 0.25) is 0 Å². The Morgan fingerprint density at radius 1 is 1.24 bits per heavy atom. The lowest BCUT2D eigenvalue weighted by molar-refractivity contribution is -0.121. The molecule has 10 heteroatoms. The van der Waals surface area contributed by atoms with E-state index in [0.717, 1.165) is 17.7 Å². The van der Waals surface area contributed by atoms with Gasteiger partial charge in [-0.05, 0) is 56.9 Å². The van der Waals surface area contributed by atoms with Crippen LogP contribution in [0.25, 0.3) is 0 Å². The molecule has 37 heavy (non-hydrogen) atoms. The number of pyridine rings is 1. The van der Waals surface area contributed by atoms with Gasteiger partial charge in [-0.1, -0.05) is 20.3 Å². The summed E-state index contributed by atoms with van der Waals surface area (Å²) >= 11 is 0. The highest BCUT2D eigenvalue weighted by molar-refractivity contribution is 5.92. The molecular weight excluding hydrogens is 476 g/mol. The highest BCUT2D eigenvalue weighted by Gasteiger charge is 2.40. The Morgan fingerprint density at radius 2 is 1.95 bits per heavy atom. The lowest BCUT2D eigenvalue weighted by Crippen LogP contribution is -2.41. The number of cyclic esters (lactones) is 1. The molecule has 2 amide bonds. The molecule has 2 aromatic rings. The first-order chi connectivity index (χ1) is 17.6. The van der Waals surface area contributed by atoms with Crippen molar-refractivity contribution in [1.29, 1.82) is 0 Å². The van der Waals surface area contributed by atoms with Crippen LogP contribution < -0.4 is 15.0 Å². The van der Waals surface area contributed by atoms with E-state index < -0.39 is 0 Å². The SMILES string of the molecule is CCC(C)CCOCC(C)=O.CNC(=O)c1ccc(C)n1C.Cc1cnc2c(c1)OCC1COC(=O)N21. The Morgan fingerprint density at radius 3 is 2.54 bits per heavy atom. The predicted molar refractivity (Wildman–Crippen MR) is 141 cm³/mol. The fraction of sp³-hybridized carbons (Fsp3) is 0.556. The second kappa shape index (κ2) is 14.4. The number of ether oxygens (including phenoxy) is 3. The van der Waals surface area contributed by atoms with Crippen molar-refractivity contribution >= 4 is 23.6 Å². The van der Waals surface area contributed by atoms with Gasteiger partial charge in [0.2, 0.25) is 0 Å². The lowest BCUT2D eigenvalue weighted by Gasteiger charge is -2.27. The zero-order chi connectivity index (χ0) is 27.5. The third-order valence-corrected chi connectivity index (χ3v) is 6.18. The van der Waals surface area contributed by atoms with Gasteiger partial charge in [-0.2, -0.15) is 0 Å². The molecule has 0 bridgehead atoms. The zero-order valence-corrected chi connectivity index (χ0v) is 23.0. The van der Waals surface area contributed by atoms with Crippen molar-refractivity contribution in [2.75, 3.05) is 38.4 Å². The van der Waals surface area contributed by atoms with E-state index >= 15 is 0 Å². The summed E-state index contributed by atoms with van der Waals surface area (Å²) in [6.07, 6.45) is 3.63. The molecule has 2 unspecified atom stereocenters. The Hall–Kier alpha value is -3.40. The standard InChI is InChI=1S/C10H10N2O3.C9H18O2.C8H12N2O/c1-6-2-8-9(11-3-6)12-7(4-14-8)5-15-10(12)13;1-4-8(2)5-6-11-7-9(3)10;1-6-4-5-7(10(6)3)8(11)9-2/h2-3,7H,4-5H2,1H3;8H,4-7H2,1-3H3;4-5H,1-3H3,(H,9,11). The number of rotatable bonds is 7. The highest BCUT2D eigenvalue weighted by Crippen LogP contribution is 2.35. The van der Waals surface area contributed by atoms with Crippen LogP contribution in [0.4, 0.5) is 10.6 Å². The molecule has 2 atom stereocenters. The summed E-state index contributed by atoms with van der Waals surface area (Å²) in [5.41, 5.74) is 2.80. The summed E-state index contributed by atoms with van der Waals surface area (Å²) in [7, 11) is 3.50. The van der Waals surface area contributed by atoms with Crippen LogP contribution in [0, 0.1) is 19.8 Å². The monoisotopic (exact) mass is 516 g/mol. The minimum atomic E-state index is -0.332. The van der Waals surface area contributed by atoms with Gasteiger partial charge < -0.3 is 24.1 Å². The number of Topliss-reactive ketones (excluding diaryl/α,β-unsaturated/α-hetero) is 1. The minimum absolute atomic E-state index is 0.0276. The van der Waals surface area contributed by atoms with Crippen LogP contribution in [0.3, 0.4) is 0 Å². The number of aryl methyl sites for hydroxylation is 2. The van der Waals surface area contributed by atoms with Crippen molar-refractivity contribution in [2.24, 2.45) is 13.0 Å². The fourth-order valence-electron chi connectivity index (χ4n) is 3.52. The van der Waals surface area contributed by atoms with Crippen LogP contribution in [0.5, 0.6) is 5.75 Å². The van der Waals surface area contributed by atoms with Crippen LogP contribution in [0.1, 0.15) is 55.4 Å². The maximum absolute atomic E-state index is 11.5. The molecule has 4 heterocycles. The average molecular weight is 517 g/mol. The van der Waals surface area contributed by atoms with Crippen molar-refractivity contribution < 1.29 is 28.6 Å². The smallest absolute Gasteiger partial charge is 0.416 e. The molecule has 4 rings (SSSR count). The van der Waals surface area contributed by atoms with Crippen molar-refractivity contribution in [3.8, 4) is 5.75 Å².